The molecule has 0 aliphatic rings. The largest absolute Gasteiger partial charge is 0.459 e. The SMILES string of the molecule is CC(=O)Oc1c(-c2ccc(NC(=O)c3ccco3)cc2)c(-c2cccc(N(C)C)c2)nn1-c1cccc(C)c1. The summed E-state index contributed by atoms with van der Waals surface area (Å²) in [5.74, 6) is -0.271. The van der Waals surface area contributed by atoms with Gasteiger partial charge < -0.3 is 19.4 Å². The average molecular weight is 521 g/mol. The summed E-state index contributed by atoms with van der Waals surface area (Å²) in [4.78, 5) is 26.8. The van der Waals surface area contributed by atoms with E-state index in [-0.39, 0.29) is 11.7 Å². The van der Waals surface area contributed by atoms with E-state index >= 15 is 0 Å². The molecule has 39 heavy (non-hydrogen) atoms. The maximum Gasteiger partial charge on any atom is 0.309 e. The van der Waals surface area contributed by atoms with Crippen LogP contribution in [0.3, 0.4) is 0 Å². The Kier molecular flexibility index (Phi) is 7.01. The fourth-order valence-corrected chi connectivity index (χ4v) is 4.28. The van der Waals surface area contributed by atoms with Crippen molar-refractivity contribution in [1.82, 2.24) is 9.78 Å². The molecule has 0 atom stereocenters. The molecule has 0 aliphatic carbocycles. The van der Waals surface area contributed by atoms with Crippen LogP contribution in [0, 0.1) is 6.92 Å². The number of anilines is 2. The quantitative estimate of drug-likeness (QED) is 0.252. The van der Waals surface area contributed by atoms with Gasteiger partial charge >= 0.3 is 5.97 Å². The van der Waals surface area contributed by atoms with Crippen LogP contribution in [-0.2, 0) is 4.79 Å². The first-order valence-corrected chi connectivity index (χ1v) is 12.4. The van der Waals surface area contributed by atoms with Crippen LogP contribution in [0.25, 0.3) is 28.1 Å². The minimum atomic E-state index is -0.457. The monoisotopic (exact) mass is 520 g/mol. The highest BCUT2D eigenvalue weighted by molar-refractivity contribution is 6.02. The zero-order valence-corrected chi connectivity index (χ0v) is 22.1. The van der Waals surface area contributed by atoms with Crippen LogP contribution in [0.15, 0.2) is 95.6 Å². The number of carbonyl (C=O) groups is 2. The van der Waals surface area contributed by atoms with Gasteiger partial charge in [0.25, 0.3) is 5.91 Å². The van der Waals surface area contributed by atoms with Gasteiger partial charge in [-0.1, -0.05) is 36.4 Å². The second-order valence-electron chi connectivity index (χ2n) is 9.33. The molecule has 0 unspecified atom stereocenters. The first-order chi connectivity index (χ1) is 18.8. The molecule has 0 saturated carbocycles. The highest BCUT2D eigenvalue weighted by Gasteiger charge is 2.25. The van der Waals surface area contributed by atoms with Crippen LogP contribution in [0.2, 0.25) is 0 Å². The average Bonchev–Trinajstić information content (AvgIpc) is 3.58. The lowest BCUT2D eigenvalue weighted by Crippen LogP contribution is -2.10. The molecule has 196 valence electrons. The van der Waals surface area contributed by atoms with E-state index in [1.165, 1.54) is 13.2 Å². The first kappa shape index (κ1) is 25.5. The molecule has 1 N–H and O–H groups in total. The normalized spacial score (nSPS) is 10.8. The zero-order chi connectivity index (χ0) is 27.5. The van der Waals surface area contributed by atoms with Gasteiger partial charge in [-0.15, -0.1) is 0 Å². The Morgan fingerprint density at radius 3 is 2.36 bits per heavy atom. The predicted molar refractivity (Wildman–Crippen MR) is 151 cm³/mol. The molecule has 8 heteroatoms. The summed E-state index contributed by atoms with van der Waals surface area (Å²) < 4.78 is 12.7. The van der Waals surface area contributed by atoms with Crippen LogP contribution in [0.1, 0.15) is 23.0 Å². The maximum atomic E-state index is 12.4. The summed E-state index contributed by atoms with van der Waals surface area (Å²) in [7, 11) is 3.96. The Morgan fingerprint density at radius 1 is 0.923 bits per heavy atom. The number of esters is 1. The molecule has 5 rings (SSSR count). The van der Waals surface area contributed by atoms with E-state index in [1.54, 1.807) is 28.9 Å². The number of ether oxygens (including phenoxy) is 1. The molecule has 5 aromatic rings. The predicted octanol–water partition coefficient (Wildman–Crippen LogP) is 6.35. The van der Waals surface area contributed by atoms with Crippen molar-refractivity contribution in [3.63, 3.8) is 0 Å². The van der Waals surface area contributed by atoms with E-state index in [0.717, 1.165) is 28.1 Å². The minimum absolute atomic E-state index is 0.221. The Labute approximate surface area is 226 Å². The molecular formula is C31H28N4O4. The fourth-order valence-electron chi connectivity index (χ4n) is 4.28. The number of furan rings is 1. The Bertz CT molecular complexity index is 1630. The number of amides is 1. The summed E-state index contributed by atoms with van der Waals surface area (Å²) in [5, 5.41) is 7.79. The van der Waals surface area contributed by atoms with Crippen molar-refractivity contribution in [2.45, 2.75) is 13.8 Å². The molecule has 0 fully saturated rings. The number of nitrogens with one attached hydrogen (secondary N) is 1. The summed E-state index contributed by atoms with van der Waals surface area (Å²) in [6, 6.07) is 26.4. The lowest BCUT2D eigenvalue weighted by atomic mass is 10.0. The van der Waals surface area contributed by atoms with E-state index in [9.17, 15) is 9.59 Å². The van der Waals surface area contributed by atoms with Crippen molar-refractivity contribution in [3.05, 3.63) is 103 Å². The van der Waals surface area contributed by atoms with E-state index < -0.39 is 5.97 Å². The summed E-state index contributed by atoms with van der Waals surface area (Å²) in [6.45, 7) is 3.37. The smallest absolute Gasteiger partial charge is 0.309 e. The van der Waals surface area contributed by atoms with Crippen LogP contribution >= 0.6 is 0 Å². The van der Waals surface area contributed by atoms with Crippen LogP contribution in [0.5, 0.6) is 5.88 Å². The molecule has 0 aliphatic heterocycles. The minimum Gasteiger partial charge on any atom is -0.459 e. The standard InChI is InChI=1S/C31H28N4O4/c1-20-8-5-11-26(18-20)35-31(39-21(2)36)28(29(33-35)23-9-6-10-25(19-23)34(3)4)22-13-15-24(16-14-22)32-30(37)27-12-7-17-38-27/h5-19H,1-4H3,(H,32,37). The third kappa shape index (κ3) is 5.45. The van der Waals surface area contributed by atoms with Gasteiger partial charge in [0.15, 0.2) is 5.76 Å². The molecule has 0 saturated heterocycles. The second-order valence-corrected chi connectivity index (χ2v) is 9.33. The fraction of sp³-hybridized carbons (Fsp3) is 0.129. The summed E-state index contributed by atoms with van der Waals surface area (Å²) >= 11 is 0. The Hall–Kier alpha value is -5.11. The molecule has 1 amide bonds. The topological polar surface area (TPSA) is 89.6 Å². The van der Waals surface area contributed by atoms with E-state index in [2.05, 4.69) is 5.32 Å². The molecule has 2 heterocycles. The number of nitrogens with zero attached hydrogens (tertiary/aromatic N) is 3. The van der Waals surface area contributed by atoms with Crippen LogP contribution in [-0.4, -0.2) is 35.8 Å². The number of aryl methyl sites for hydroxylation is 1. The zero-order valence-electron chi connectivity index (χ0n) is 22.1. The molecule has 2 aromatic heterocycles. The van der Waals surface area contributed by atoms with Crippen molar-refractivity contribution in [1.29, 1.82) is 0 Å². The molecule has 0 bridgehead atoms. The van der Waals surface area contributed by atoms with E-state index in [0.29, 0.717) is 22.8 Å². The molecule has 8 nitrogen and oxygen atoms in total. The number of aromatic nitrogens is 2. The third-order valence-corrected chi connectivity index (χ3v) is 6.14. The molecule has 0 spiro atoms. The van der Waals surface area contributed by atoms with Gasteiger partial charge in [-0.2, -0.15) is 9.78 Å². The lowest BCUT2D eigenvalue weighted by molar-refractivity contribution is -0.132. The van der Waals surface area contributed by atoms with Gasteiger partial charge in [0, 0.05) is 38.0 Å². The van der Waals surface area contributed by atoms with Crippen LogP contribution < -0.4 is 15.0 Å². The van der Waals surface area contributed by atoms with Crippen molar-refractivity contribution < 1.29 is 18.7 Å². The molecule has 3 aromatic carbocycles. The molecule has 0 radical (unpaired) electrons. The molecular weight excluding hydrogens is 492 g/mol. The Balaban J connectivity index is 1.66. The van der Waals surface area contributed by atoms with Gasteiger partial charge in [0.2, 0.25) is 5.88 Å². The van der Waals surface area contributed by atoms with Crippen LogP contribution in [0.4, 0.5) is 11.4 Å². The van der Waals surface area contributed by atoms with E-state index in [1.807, 2.05) is 86.6 Å². The van der Waals surface area contributed by atoms with Gasteiger partial charge in [-0.3, -0.25) is 9.59 Å². The Morgan fingerprint density at radius 2 is 1.69 bits per heavy atom. The van der Waals surface area contributed by atoms with E-state index in [4.69, 9.17) is 14.3 Å². The number of benzene rings is 3. The highest BCUT2D eigenvalue weighted by Crippen LogP contribution is 2.42. The first-order valence-electron chi connectivity index (χ1n) is 12.4. The maximum absolute atomic E-state index is 12.4. The second kappa shape index (κ2) is 10.7. The van der Waals surface area contributed by atoms with Crippen molar-refractivity contribution >= 4 is 23.3 Å². The number of carbonyl (C=O) groups excluding carboxylic acids is 2. The number of rotatable bonds is 7. The van der Waals surface area contributed by atoms with Crippen molar-refractivity contribution in [2.24, 2.45) is 0 Å². The van der Waals surface area contributed by atoms with Crippen molar-refractivity contribution in [2.75, 3.05) is 24.3 Å². The summed E-state index contributed by atoms with van der Waals surface area (Å²) in [5.41, 5.74) is 6.37. The van der Waals surface area contributed by atoms with Gasteiger partial charge in [0.1, 0.15) is 5.69 Å². The van der Waals surface area contributed by atoms with Gasteiger partial charge in [0.05, 0.1) is 17.5 Å². The summed E-state index contributed by atoms with van der Waals surface area (Å²) in [6.07, 6.45) is 1.45. The number of hydrogen-bond donors (Lipinski definition) is 1. The third-order valence-electron chi connectivity index (χ3n) is 6.14. The number of hydrogen-bond acceptors (Lipinski definition) is 6. The highest BCUT2D eigenvalue weighted by atomic mass is 16.5. The lowest BCUT2D eigenvalue weighted by Gasteiger charge is -2.13. The van der Waals surface area contributed by atoms with Gasteiger partial charge in [-0.05, 0) is 66.6 Å². The van der Waals surface area contributed by atoms with Gasteiger partial charge in [-0.25, -0.2) is 0 Å². The van der Waals surface area contributed by atoms with Crippen molar-refractivity contribution in [3.8, 4) is 34.0 Å².